The van der Waals surface area contributed by atoms with Crippen LogP contribution in [0, 0.1) is 19.8 Å². The Hall–Kier alpha value is -1.91. The minimum absolute atomic E-state index is 0.350. The average Bonchev–Trinajstić information content (AvgIpc) is 2.41. The maximum Gasteiger partial charge on any atom is 0.329 e. The molecule has 1 aliphatic rings. The summed E-state index contributed by atoms with van der Waals surface area (Å²) in [4.78, 5) is 28.3. The second-order valence-electron chi connectivity index (χ2n) is 6.11. The van der Waals surface area contributed by atoms with E-state index >= 15 is 0 Å². The molecule has 1 aromatic heterocycles. The Morgan fingerprint density at radius 1 is 1.29 bits per heavy atom. The van der Waals surface area contributed by atoms with Crippen LogP contribution in [0.5, 0.6) is 0 Å². The first-order valence-electron chi connectivity index (χ1n) is 7.34. The highest BCUT2D eigenvalue weighted by molar-refractivity contribution is 5.98. The van der Waals surface area contributed by atoms with E-state index in [-0.39, 0.29) is 5.91 Å². The van der Waals surface area contributed by atoms with Gasteiger partial charge in [0.2, 0.25) is 0 Å². The van der Waals surface area contributed by atoms with E-state index in [0.29, 0.717) is 30.0 Å². The van der Waals surface area contributed by atoms with Crippen LogP contribution in [0.3, 0.4) is 0 Å². The molecule has 2 N–H and O–H groups in total. The fourth-order valence-corrected chi connectivity index (χ4v) is 2.86. The summed E-state index contributed by atoms with van der Waals surface area (Å²) in [5.74, 6) is -0.783. The number of hydrogen-bond acceptors (Lipinski definition) is 3. The van der Waals surface area contributed by atoms with Crippen molar-refractivity contribution in [3.63, 3.8) is 0 Å². The molecular weight excluding hydrogens is 268 g/mol. The topological polar surface area (TPSA) is 79.3 Å². The summed E-state index contributed by atoms with van der Waals surface area (Å²) in [5, 5.41) is 12.3. The summed E-state index contributed by atoms with van der Waals surface area (Å²) in [6.07, 6.45) is 2.59. The smallest absolute Gasteiger partial charge is 0.329 e. The number of carboxylic acids is 1. The highest BCUT2D eigenvalue weighted by Crippen LogP contribution is 2.32. The van der Waals surface area contributed by atoms with Gasteiger partial charge in [-0.1, -0.05) is 6.92 Å². The molecule has 5 heteroatoms. The summed E-state index contributed by atoms with van der Waals surface area (Å²) >= 11 is 0. The first kappa shape index (κ1) is 15.5. The highest BCUT2D eigenvalue weighted by atomic mass is 16.4. The number of nitrogens with one attached hydrogen (secondary N) is 1. The van der Waals surface area contributed by atoms with E-state index in [2.05, 4.69) is 17.2 Å². The zero-order chi connectivity index (χ0) is 15.6. The number of carbonyl (C=O) groups is 2. The van der Waals surface area contributed by atoms with E-state index in [1.165, 1.54) is 0 Å². The van der Waals surface area contributed by atoms with Crippen molar-refractivity contribution in [3.05, 3.63) is 29.1 Å². The number of nitrogens with zero attached hydrogens (tertiary/aromatic N) is 1. The van der Waals surface area contributed by atoms with Gasteiger partial charge < -0.3 is 10.4 Å². The van der Waals surface area contributed by atoms with Crippen LogP contribution >= 0.6 is 0 Å². The number of carbonyl (C=O) groups excluding carboxylic acids is 1. The van der Waals surface area contributed by atoms with Crippen molar-refractivity contribution in [2.75, 3.05) is 0 Å². The average molecular weight is 290 g/mol. The standard InChI is InChI=1S/C16H22N2O3/c1-10-6-8-16(9-7-10,15(20)21)18-14(19)13-5-4-11(2)17-12(13)3/h4-5,10H,6-9H2,1-3H3,(H,18,19)(H,20,21). The molecule has 1 fully saturated rings. The third kappa shape index (κ3) is 3.23. The van der Waals surface area contributed by atoms with Gasteiger partial charge in [-0.25, -0.2) is 4.79 Å². The molecule has 0 spiro atoms. The van der Waals surface area contributed by atoms with E-state index < -0.39 is 11.5 Å². The summed E-state index contributed by atoms with van der Waals surface area (Å²) in [6, 6.07) is 3.46. The first-order valence-corrected chi connectivity index (χ1v) is 7.34. The Bertz CT molecular complexity index is 561. The Balaban J connectivity index is 2.21. The SMILES string of the molecule is Cc1ccc(C(=O)NC2(C(=O)O)CCC(C)CC2)c(C)n1. The van der Waals surface area contributed by atoms with Crippen molar-refractivity contribution in [2.24, 2.45) is 5.92 Å². The lowest BCUT2D eigenvalue weighted by atomic mass is 9.77. The van der Waals surface area contributed by atoms with Crippen LogP contribution in [0.1, 0.15) is 54.4 Å². The molecule has 0 aromatic carbocycles. The number of pyridine rings is 1. The fraction of sp³-hybridized carbons (Fsp3) is 0.562. The number of carboxylic acid groups (broad SMARTS) is 1. The minimum Gasteiger partial charge on any atom is -0.480 e. The second-order valence-corrected chi connectivity index (χ2v) is 6.11. The molecular formula is C16H22N2O3. The normalized spacial score (nSPS) is 25.4. The van der Waals surface area contributed by atoms with Crippen LogP contribution in [0.15, 0.2) is 12.1 Å². The Labute approximate surface area is 124 Å². The number of hydrogen-bond donors (Lipinski definition) is 2. The van der Waals surface area contributed by atoms with Crippen molar-refractivity contribution in [1.82, 2.24) is 10.3 Å². The monoisotopic (exact) mass is 290 g/mol. The Morgan fingerprint density at radius 2 is 1.90 bits per heavy atom. The molecule has 114 valence electrons. The molecule has 0 unspecified atom stereocenters. The van der Waals surface area contributed by atoms with Crippen molar-refractivity contribution < 1.29 is 14.7 Å². The van der Waals surface area contributed by atoms with Gasteiger partial charge in [0.15, 0.2) is 0 Å². The maximum absolute atomic E-state index is 12.4. The van der Waals surface area contributed by atoms with E-state index in [0.717, 1.165) is 18.5 Å². The van der Waals surface area contributed by atoms with Crippen molar-refractivity contribution in [3.8, 4) is 0 Å². The molecule has 5 nitrogen and oxygen atoms in total. The van der Waals surface area contributed by atoms with Crippen LogP contribution in [0.2, 0.25) is 0 Å². The first-order chi connectivity index (χ1) is 9.84. The number of rotatable bonds is 3. The molecule has 21 heavy (non-hydrogen) atoms. The van der Waals surface area contributed by atoms with Crippen LogP contribution in [0.25, 0.3) is 0 Å². The Morgan fingerprint density at radius 3 is 2.43 bits per heavy atom. The summed E-state index contributed by atoms with van der Waals surface area (Å²) in [5.41, 5.74) is 0.765. The molecule has 1 aliphatic carbocycles. The van der Waals surface area contributed by atoms with Gasteiger partial charge in [-0.05, 0) is 57.6 Å². The third-order valence-electron chi connectivity index (χ3n) is 4.36. The molecule has 1 heterocycles. The molecule has 0 radical (unpaired) electrons. The summed E-state index contributed by atoms with van der Waals surface area (Å²) < 4.78 is 0. The van der Waals surface area contributed by atoms with E-state index in [1.807, 2.05) is 6.92 Å². The molecule has 2 rings (SSSR count). The van der Waals surface area contributed by atoms with Crippen molar-refractivity contribution in [2.45, 2.75) is 52.0 Å². The van der Waals surface area contributed by atoms with Gasteiger partial charge >= 0.3 is 5.97 Å². The van der Waals surface area contributed by atoms with Crippen molar-refractivity contribution >= 4 is 11.9 Å². The molecule has 1 amide bonds. The minimum atomic E-state index is -1.14. The van der Waals surface area contributed by atoms with Crippen molar-refractivity contribution in [1.29, 1.82) is 0 Å². The zero-order valence-corrected chi connectivity index (χ0v) is 12.8. The predicted octanol–water partition coefficient (Wildman–Crippen LogP) is 2.46. The lowest BCUT2D eigenvalue weighted by Crippen LogP contribution is -2.56. The van der Waals surface area contributed by atoms with Gasteiger partial charge in [0, 0.05) is 5.69 Å². The van der Waals surface area contributed by atoms with Gasteiger partial charge in [0.05, 0.1) is 11.3 Å². The number of amides is 1. The second kappa shape index (κ2) is 5.84. The third-order valence-corrected chi connectivity index (χ3v) is 4.36. The maximum atomic E-state index is 12.4. The zero-order valence-electron chi connectivity index (χ0n) is 12.8. The fourth-order valence-electron chi connectivity index (χ4n) is 2.86. The van der Waals surface area contributed by atoms with Crippen LogP contribution in [-0.2, 0) is 4.79 Å². The van der Waals surface area contributed by atoms with Crippen LogP contribution in [-0.4, -0.2) is 27.5 Å². The molecule has 0 atom stereocenters. The number of aryl methyl sites for hydroxylation is 2. The van der Waals surface area contributed by atoms with E-state index in [4.69, 9.17) is 0 Å². The van der Waals surface area contributed by atoms with Gasteiger partial charge in [-0.2, -0.15) is 0 Å². The van der Waals surface area contributed by atoms with Crippen LogP contribution < -0.4 is 5.32 Å². The molecule has 0 bridgehead atoms. The van der Waals surface area contributed by atoms with Gasteiger partial charge in [-0.3, -0.25) is 9.78 Å². The quantitative estimate of drug-likeness (QED) is 0.896. The van der Waals surface area contributed by atoms with E-state index in [9.17, 15) is 14.7 Å². The largest absolute Gasteiger partial charge is 0.480 e. The molecule has 0 aliphatic heterocycles. The highest BCUT2D eigenvalue weighted by Gasteiger charge is 2.42. The number of aliphatic carboxylic acids is 1. The van der Waals surface area contributed by atoms with Crippen LogP contribution in [0.4, 0.5) is 0 Å². The van der Waals surface area contributed by atoms with Gasteiger partial charge in [-0.15, -0.1) is 0 Å². The number of aromatic nitrogens is 1. The lowest BCUT2D eigenvalue weighted by molar-refractivity contribution is -0.146. The summed E-state index contributed by atoms with van der Waals surface area (Å²) in [6.45, 7) is 5.73. The Kier molecular flexibility index (Phi) is 4.30. The predicted molar refractivity (Wildman–Crippen MR) is 79.2 cm³/mol. The molecule has 0 saturated heterocycles. The van der Waals surface area contributed by atoms with Gasteiger partial charge in [0.1, 0.15) is 5.54 Å². The molecule has 1 saturated carbocycles. The van der Waals surface area contributed by atoms with Gasteiger partial charge in [0.25, 0.3) is 5.91 Å². The summed E-state index contributed by atoms with van der Waals surface area (Å²) in [7, 11) is 0. The van der Waals surface area contributed by atoms with E-state index in [1.54, 1.807) is 19.1 Å². The lowest BCUT2D eigenvalue weighted by Gasteiger charge is -2.36. The molecule has 1 aromatic rings.